The molecule has 106 valence electrons. The van der Waals surface area contributed by atoms with Gasteiger partial charge in [0.1, 0.15) is 11.5 Å². The highest BCUT2D eigenvalue weighted by atomic mass is 16.3. The molecule has 1 N–H and O–H groups in total. The lowest BCUT2D eigenvalue weighted by molar-refractivity contribution is 0.0938. The number of benzene rings is 1. The maximum atomic E-state index is 12.3. The maximum absolute atomic E-state index is 12.3. The van der Waals surface area contributed by atoms with Crippen molar-refractivity contribution in [3.63, 3.8) is 0 Å². The molecule has 0 fully saturated rings. The first-order valence-corrected chi connectivity index (χ1v) is 6.83. The molecule has 1 amide bonds. The number of carbonyl (C=O) groups excluding carboxylic acids is 1. The van der Waals surface area contributed by atoms with Crippen LogP contribution in [-0.4, -0.2) is 5.91 Å². The molecule has 1 unspecified atom stereocenters. The highest BCUT2D eigenvalue weighted by Crippen LogP contribution is 2.20. The van der Waals surface area contributed by atoms with Crippen molar-refractivity contribution in [2.24, 2.45) is 0 Å². The Kier molecular flexibility index (Phi) is 3.98. The molecule has 3 nitrogen and oxygen atoms in total. The zero-order chi connectivity index (χ0) is 14.9. The molecule has 20 heavy (non-hydrogen) atoms. The van der Waals surface area contributed by atoms with E-state index in [1.165, 1.54) is 11.1 Å². The lowest BCUT2D eigenvalue weighted by atomic mass is 10.00. The van der Waals surface area contributed by atoms with Crippen LogP contribution >= 0.6 is 0 Å². The van der Waals surface area contributed by atoms with Crippen LogP contribution in [0.4, 0.5) is 0 Å². The van der Waals surface area contributed by atoms with E-state index in [1.807, 2.05) is 20.8 Å². The number of hydrogen-bond acceptors (Lipinski definition) is 2. The van der Waals surface area contributed by atoms with Gasteiger partial charge in [0.2, 0.25) is 0 Å². The number of rotatable bonds is 3. The quantitative estimate of drug-likeness (QED) is 0.916. The summed E-state index contributed by atoms with van der Waals surface area (Å²) < 4.78 is 5.40. The van der Waals surface area contributed by atoms with Gasteiger partial charge in [-0.05, 0) is 51.8 Å². The second-order valence-electron chi connectivity index (χ2n) is 5.38. The Balaban J connectivity index is 2.19. The van der Waals surface area contributed by atoms with Crippen molar-refractivity contribution in [1.29, 1.82) is 0 Å². The first kappa shape index (κ1) is 14.4. The van der Waals surface area contributed by atoms with Gasteiger partial charge in [-0.15, -0.1) is 0 Å². The topological polar surface area (TPSA) is 42.2 Å². The summed E-state index contributed by atoms with van der Waals surface area (Å²) in [6.07, 6.45) is 0. The molecule has 0 bridgehead atoms. The summed E-state index contributed by atoms with van der Waals surface area (Å²) in [6.45, 7) is 9.77. The fourth-order valence-corrected chi connectivity index (χ4v) is 2.43. The van der Waals surface area contributed by atoms with Crippen LogP contribution in [0.5, 0.6) is 0 Å². The Morgan fingerprint density at radius 3 is 2.45 bits per heavy atom. The molecule has 1 aromatic heterocycles. The molecule has 0 saturated carbocycles. The van der Waals surface area contributed by atoms with Crippen LogP contribution < -0.4 is 5.32 Å². The van der Waals surface area contributed by atoms with Crippen LogP contribution in [-0.2, 0) is 0 Å². The molecule has 1 heterocycles. The van der Waals surface area contributed by atoms with Gasteiger partial charge in [0.25, 0.3) is 5.91 Å². The van der Waals surface area contributed by atoms with Gasteiger partial charge in [-0.3, -0.25) is 4.79 Å². The summed E-state index contributed by atoms with van der Waals surface area (Å²) in [6, 6.07) is 8.03. The van der Waals surface area contributed by atoms with E-state index in [-0.39, 0.29) is 11.9 Å². The third-order valence-corrected chi connectivity index (χ3v) is 3.53. The molecule has 0 aliphatic heterocycles. The van der Waals surface area contributed by atoms with E-state index < -0.39 is 0 Å². The molecule has 1 atom stereocenters. The summed E-state index contributed by atoms with van der Waals surface area (Å²) in [5.74, 6) is 1.33. The van der Waals surface area contributed by atoms with Crippen molar-refractivity contribution in [1.82, 2.24) is 5.32 Å². The standard InChI is InChI=1S/C17H21NO2/c1-10-6-7-11(2)15(8-10)13(4)18-17(19)16-9-12(3)20-14(16)5/h6-9,13H,1-5H3,(H,18,19). The molecule has 0 radical (unpaired) electrons. The number of furan rings is 1. The van der Waals surface area contributed by atoms with Gasteiger partial charge in [-0.1, -0.05) is 23.8 Å². The molecule has 2 aromatic rings. The minimum Gasteiger partial charge on any atom is -0.466 e. The van der Waals surface area contributed by atoms with Gasteiger partial charge in [-0.2, -0.15) is 0 Å². The van der Waals surface area contributed by atoms with Gasteiger partial charge in [0.05, 0.1) is 11.6 Å². The van der Waals surface area contributed by atoms with Crippen molar-refractivity contribution < 1.29 is 9.21 Å². The van der Waals surface area contributed by atoms with Crippen molar-refractivity contribution in [2.45, 2.75) is 40.7 Å². The predicted octanol–water partition coefficient (Wildman–Crippen LogP) is 4.00. The van der Waals surface area contributed by atoms with Crippen LogP contribution in [0.25, 0.3) is 0 Å². The third kappa shape index (κ3) is 2.93. The van der Waals surface area contributed by atoms with Crippen LogP contribution in [0.1, 0.15) is 51.5 Å². The minimum atomic E-state index is -0.0900. The van der Waals surface area contributed by atoms with Gasteiger partial charge in [0, 0.05) is 0 Å². The van der Waals surface area contributed by atoms with Gasteiger partial charge >= 0.3 is 0 Å². The first-order chi connectivity index (χ1) is 9.38. The molecule has 0 spiro atoms. The van der Waals surface area contributed by atoms with Crippen LogP contribution in [0.2, 0.25) is 0 Å². The lowest BCUT2D eigenvalue weighted by Gasteiger charge is -2.17. The van der Waals surface area contributed by atoms with E-state index in [4.69, 9.17) is 4.42 Å². The Hall–Kier alpha value is -2.03. The predicted molar refractivity (Wildman–Crippen MR) is 80.0 cm³/mol. The zero-order valence-corrected chi connectivity index (χ0v) is 12.7. The van der Waals surface area contributed by atoms with Gasteiger partial charge < -0.3 is 9.73 Å². The van der Waals surface area contributed by atoms with Crippen molar-refractivity contribution in [2.75, 3.05) is 0 Å². The van der Waals surface area contributed by atoms with Gasteiger partial charge in [-0.25, -0.2) is 0 Å². The fraction of sp³-hybridized carbons (Fsp3) is 0.353. The molecule has 0 aliphatic carbocycles. The Labute approximate surface area is 120 Å². The number of nitrogens with one attached hydrogen (secondary N) is 1. The average molecular weight is 271 g/mol. The first-order valence-electron chi connectivity index (χ1n) is 6.83. The van der Waals surface area contributed by atoms with E-state index >= 15 is 0 Å². The van der Waals surface area contributed by atoms with E-state index in [0.29, 0.717) is 11.3 Å². The molecule has 1 aromatic carbocycles. The molecular weight excluding hydrogens is 250 g/mol. The normalized spacial score (nSPS) is 12.2. The second-order valence-corrected chi connectivity index (χ2v) is 5.38. The van der Waals surface area contributed by atoms with E-state index in [2.05, 4.69) is 37.4 Å². The number of carbonyl (C=O) groups is 1. The molecule has 3 heteroatoms. The van der Waals surface area contributed by atoms with Crippen molar-refractivity contribution >= 4 is 5.91 Å². The second kappa shape index (κ2) is 5.53. The van der Waals surface area contributed by atoms with Crippen LogP contribution in [0.3, 0.4) is 0 Å². The fourth-order valence-electron chi connectivity index (χ4n) is 2.43. The summed E-state index contributed by atoms with van der Waals surface area (Å²) in [7, 11) is 0. The summed E-state index contributed by atoms with van der Waals surface area (Å²) in [4.78, 5) is 12.3. The Morgan fingerprint density at radius 1 is 1.15 bits per heavy atom. The number of hydrogen-bond donors (Lipinski definition) is 1. The Morgan fingerprint density at radius 2 is 1.85 bits per heavy atom. The van der Waals surface area contributed by atoms with Crippen LogP contribution in [0.15, 0.2) is 28.7 Å². The molecular formula is C17H21NO2. The number of amides is 1. The largest absolute Gasteiger partial charge is 0.466 e. The third-order valence-electron chi connectivity index (χ3n) is 3.53. The zero-order valence-electron chi connectivity index (χ0n) is 12.7. The van der Waals surface area contributed by atoms with E-state index in [9.17, 15) is 4.79 Å². The molecule has 0 saturated heterocycles. The average Bonchev–Trinajstić information content (AvgIpc) is 2.71. The summed E-state index contributed by atoms with van der Waals surface area (Å²) in [5, 5.41) is 3.04. The smallest absolute Gasteiger partial charge is 0.255 e. The van der Waals surface area contributed by atoms with E-state index in [0.717, 1.165) is 11.3 Å². The minimum absolute atomic E-state index is 0.0305. The SMILES string of the molecule is Cc1ccc(C)c(C(C)NC(=O)c2cc(C)oc2C)c1. The maximum Gasteiger partial charge on any atom is 0.255 e. The van der Waals surface area contributed by atoms with Crippen molar-refractivity contribution in [3.05, 3.63) is 58.0 Å². The Bertz CT molecular complexity index is 640. The number of aryl methyl sites for hydroxylation is 4. The molecule has 2 rings (SSSR count). The molecule has 0 aliphatic rings. The van der Waals surface area contributed by atoms with Crippen LogP contribution in [0, 0.1) is 27.7 Å². The van der Waals surface area contributed by atoms with E-state index in [1.54, 1.807) is 6.07 Å². The monoisotopic (exact) mass is 271 g/mol. The highest BCUT2D eigenvalue weighted by molar-refractivity contribution is 5.95. The van der Waals surface area contributed by atoms with Crippen molar-refractivity contribution in [3.8, 4) is 0 Å². The summed E-state index contributed by atoms with van der Waals surface area (Å²) in [5.41, 5.74) is 4.14. The summed E-state index contributed by atoms with van der Waals surface area (Å²) >= 11 is 0. The lowest BCUT2D eigenvalue weighted by Crippen LogP contribution is -2.27. The highest BCUT2D eigenvalue weighted by Gasteiger charge is 2.17. The van der Waals surface area contributed by atoms with Gasteiger partial charge in [0.15, 0.2) is 0 Å².